The summed E-state index contributed by atoms with van der Waals surface area (Å²) in [6.45, 7) is 4.79. The minimum atomic E-state index is -0.378. The van der Waals surface area contributed by atoms with Crippen molar-refractivity contribution in [1.29, 1.82) is 0 Å². The van der Waals surface area contributed by atoms with Gasteiger partial charge in [-0.3, -0.25) is 4.79 Å². The number of carbonyl (C=O) groups excluding carboxylic acids is 1. The topological polar surface area (TPSA) is 58.1 Å². The van der Waals surface area contributed by atoms with E-state index in [0.29, 0.717) is 21.3 Å². The summed E-state index contributed by atoms with van der Waals surface area (Å²) in [6.07, 6.45) is 1.54. The standard InChI is InChI=1S/C22H22Cl2N4O/c1-13-9-15(12-28(3)4)10-14(2)20(13)27-22(29)21-25-8-7-19(26-21)17-11-16(23)5-6-18(17)24/h5-11H,12H2,1-4H3,(H,27,29). The van der Waals surface area contributed by atoms with Gasteiger partial charge in [0.2, 0.25) is 5.82 Å². The molecule has 0 bridgehead atoms. The molecule has 5 nitrogen and oxygen atoms in total. The number of nitrogens with zero attached hydrogens (tertiary/aromatic N) is 3. The van der Waals surface area contributed by atoms with Crippen LogP contribution in [0.15, 0.2) is 42.6 Å². The predicted molar refractivity (Wildman–Crippen MR) is 119 cm³/mol. The number of anilines is 1. The Balaban J connectivity index is 1.88. The summed E-state index contributed by atoms with van der Waals surface area (Å²) in [5, 5.41) is 3.99. The van der Waals surface area contributed by atoms with Crippen LogP contribution in [0.2, 0.25) is 10.0 Å². The zero-order chi connectivity index (χ0) is 21.1. The molecule has 0 radical (unpaired) electrons. The van der Waals surface area contributed by atoms with Gasteiger partial charge in [-0.05, 0) is 68.9 Å². The van der Waals surface area contributed by atoms with Crippen LogP contribution in [0.3, 0.4) is 0 Å². The normalized spacial score (nSPS) is 11.0. The number of hydrogen-bond donors (Lipinski definition) is 1. The van der Waals surface area contributed by atoms with E-state index in [1.807, 2.05) is 27.9 Å². The van der Waals surface area contributed by atoms with Crippen molar-refractivity contribution < 1.29 is 4.79 Å². The Hall–Kier alpha value is -2.47. The highest BCUT2D eigenvalue weighted by atomic mass is 35.5. The molecule has 0 saturated heterocycles. The Morgan fingerprint density at radius 3 is 2.41 bits per heavy atom. The molecule has 7 heteroatoms. The van der Waals surface area contributed by atoms with E-state index < -0.39 is 0 Å². The highest BCUT2D eigenvalue weighted by Gasteiger charge is 2.15. The highest BCUT2D eigenvalue weighted by molar-refractivity contribution is 6.35. The molecule has 2 aromatic carbocycles. The minimum Gasteiger partial charge on any atom is -0.319 e. The molecule has 0 fully saturated rings. The number of carbonyl (C=O) groups is 1. The monoisotopic (exact) mass is 428 g/mol. The molecule has 1 heterocycles. The van der Waals surface area contributed by atoms with Crippen molar-refractivity contribution in [3.05, 3.63) is 75.2 Å². The number of benzene rings is 2. The van der Waals surface area contributed by atoms with Crippen molar-refractivity contribution in [2.45, 2.75) is 20.4 Å². The summed E-state index contributed by atoms with van der Waals surface area (Å²) >= 11 is 12.3. The molecule has 0 aliphatic rings. The zero-order valence-electron chi connectivity index (χ0n) is 16.8. The van der Waals surface area contributed by atoms with Gasteiger partial charge in [-0.1, -0.05) is 35.3 Å². The van der Waals surface area contributed by atoms with Crippen LogP contribution in [-0.2, 0) is 6.54 Å². The van der Waals surface area contributed by atoms with Crippen molar-refractivity contribution >= 4 is 34.8 Å². The molecule has 29 heavy (non-hydrogen) atoms. The van der Waals surface area contributed by atoms with Gasteiger partial charge >= 0.3 is 0 Å². The number of rotatable bonds is 5. The predicted octanol–water partition coefficient (Wildman–Crippen LogP) is 5.38. The summed E-state index contributed by atoms with van der Waals surface area (Å²) in [4.78, 5) is 23.4. The van der Waals surface area contributed by atoms with Crippen LogP contribution in [0.25, 0.3) is 11.3 Å². The van der Waals surface area contributed by atoms with Gasteiger partial charge in [-0.2, -0.15) is 0 Å². The van der Waals surface area contributed by atoms with Crippen LogP contribution in [0.5, 0.6) is 0 Å². The van der Waals surface area contributed by atoms with Crippen molar-refractivity contribution in [1.82, 2.24) is 14.9 Å². The second kappa shape index (κ2) is 8.91. The first kappa shape index (κ1) is 21.2. The van der Waals surface area contributed by atoms with E-state index >= 15 is 0 Å². The van der Waals surface area contributed by atoms with Gasteiger partial charge in [-0.25, -0.2) is 9.97 Å². The van der Waals surface area contributed by atoms with E-state index in [2.05, 4.69) is 32.3 Å². The molecule has 150 valence electrons. The van der Waals surface area contributed by atoms with Crippen LogP contribution >= 0.6 is 23.2 Å². The molecule has 3 rings (SSSR count). The maximum absolute atomic E-state index is 12.8. The Bertz CT molecular complexity index is 1040. The van der Waals surface area contributed by atoms with Crippen molar-refractivity contribution in [3.63, 3.8) is 0 Å². The number of hydrogen-bond acceptors (Lipinski definition) is 4. The molecule has 0 atom stereocenters. The van der Waals surface area contributed by atoms with E-state index in [1.54, 1.807) is 24.3 Å². The Morgan fingerprint density at radius 1 is 1.07 bits per heavy atom. The third-order valence-electron chi connectivity index (χ3n) is 4.39. The van der Waals surface area contributed by atoms with E-state index in [9.17, 15) is 4.79 Å². The van der Waals surface area contributed by atoms with Crippen LogP contribution in [-0.4, -0.2) is 34.9 Å². The van der Waals surface area contributed by atoms with Gasteiger partial charge in [0, 0.05) is 29.0 Å². The number of halogens is 2. The first-order chi connectivity index (χ1) is 13.7. The molecule has 1 amide bonds. The maximum Gasteiger partial charge on any atom is 0.293 e. The largest absolute Gasteiger partial charge is 0.319 e. The van der Waals surface area contributed by atoms with Gasteiger partial charge in [0.1, 0.15) is 0 Å². The van der Waals surface area contributed by atoms with Crippen LogP contribution in [0.1, 0.15) is 27.3 Å². The second-order valence-corrected chi connectivity index (χ2v) is 8.03. The average Bonchev–Trinajstić information content (AvgIpc) is 2.66. The SMILES string of the molecule is Cc1cc(CN(C)C)cc(C)c1NC(=O)c1nccc(-c2cc(Cl)ccc2Cl)n1. The number of aryl methyl sites for hydroxylation is 2. The first-order valence-corrected chi connectivity index (χ1v) is 9.85. The van der Waals surface area contributed by atoms with Gasteiger partial charge in [-0.15, -0.1) is 0 Å². The minimum absolute atomic E-state index is 0.0645. The lowest BCUT2D eigenvalue weighted by Gasteiger charge is -2.16. The number of nitrogens with one attached hydrogen (secondary N) is 1. The first-order valence-electron chi connectivity index (χ1n) is 9.09. The summed E-state index contributed by atoms with van der Waals surface area (Å²) in [7, 11) is 4.05. The van der Waals surface area contributed by atoms with E-state index in [-0.39, 0.29) is 11.7 Å². The third kappa shape index (κ3) is 5.12. The van der Waals surface area contributed by atoms with Crippen LogP contribution in [0, 0.1) is 13.8 Å². The lowest BCUT2D eigenvalue weighted by atomic mass is 10.0. The molecule has 1 aromatic heterocycles. The van der Waals surface area contributed by atoms with Crippen molar-refractivity contribution in [3.8, 4) is 11.3 Å². The summed E-state index contributed by atoms with van der Waals surface area (Å²) in [5.41, 5.74) is 5.13. The molecule has 0 aliphatic carbocycles. The van der Waals surface area contributed by atoms with Gasteiger partial charge in [0.05, 0.1) is 10.7 Å². The molecule has 0 aliphatic heterocycles. The average molecular weight is 429 g/mol. The molecule has 0 unspecified atom stereocenters. The van der Waals surface area contributed by atoms with E-state index in [4.69, 9.17) is 23.2 Å². The van der Waals surface area contributed by atoms with Gasteiger partial charge in [0.25, 0.3) is 5.91 Å². The lowest BCUT2D eigenvalue weighted by Crippen LogP contribution is -2.18. The molecular formula is C22H22Cl2N4O. The fourth-order valence-corrected chi connectivity index (χ4v) is 3.57. The Labute approximate surface area is 180 Å². The number of aromatic nitrogens is 2. The van der Waals surface area contributed by atoms with E-state index in [0.717, 1.165) is 23.4 Å². The molecular weight excluding hydrogens is 407 g/mol. The smallest absolute Gasteiger partial charge is 0.293 e. The fraction of sp³-hybridized carbons (Fsp3) is 0.227. The number of amides is 1. The fourth-order valence-electron chi connectivity index (χ4n) is 3.19. The van der Waals surface area contributed by atoms with Crippen molar-refractivity contribution in [2.24, 2.45) is 0 Å². The van der Waals surface area contributed by atoms with Gasteiger partial charge in [0.15, 0.2) is 0 Å². The Kier molecular flexibility index (Phi) is 6.52. The highest BCUT2D eigenvalue weighted by Crippen LogP contribution is 2.29. The third-order valence-corrected chi connectivity index (χ3v) is 4.96. The summed E-state index contributed by atoms with van der Waals surface area (Å²) < 4.78 is 0. The molecule has 0 saturated carbocycles. The Morgan fingerprint density at radius 2 is 1.76 bits per heavy atom. The van der Waals surface area contributed by atoms with Crippen LogP contribution in [0.4, 0.5) is 5.69 Å². The maximum atomic E-state index is 12.8. The second-order valence-electron chi connectivity index (χ2n) is 7.19. The summed E-state index contributed by atoms with van der Waals surface area (Å²) in [6, 6.07) is 11.0. The zero-order valence-corrected chi connectivity index (χ0v) is 18.3. The van der Waals surface area contributed by atoms with Crippen molar-refractivity contribution in [2.75, 3.05) is 19.4 Å². The lowest BCUT2D eigenvalue weighted by molar-refractivity contribution is 0.101. The quantitative estimate of drug-likeness (QED) is 0.592. The van der Waals surface area contributed by atoms with E-state index in [1.165, 1.54) is 11.8 Å². The van der Waals surface area contributed by atoms with Gasteiger partial charge < -0.3 is 10.2 Å². The summed E-state index contributed by atoms with van der Waals surface area (Å²) in [5.74, 6) is -0.314. The van der Waals surface area contributed by atoms with Crippen LogP contribution < -0.4 is 5.32 Å². The molecule has 0 spiro atoms. The molecule has 1 N–H and O–H groups in total. The molecule has 3 aromatic rings.